The van der Waals surface area contributed by atoms with E-state index in [1.165, 1.54) is 5.56 Å². The zero-order valence-electron chi connectivity index (χ0n) is 16.7. The van der Waals surface area contributed by atoms with Crippen molar-refractivity contribution in [2.45, 2.75) is 32.2 Å². The number of carbonyl (C=O) groups excluding carboxylic acids is 2. The third-order valence-corrected chi connectivity index (χ3v) is 5.46. The Morgan fingerprint density at radius 1 is 0.966 bits per heavy atom. The number of amides is 2. The van der Waals surface area contributed by atoms with Crippen molar-refractivity contribution in [3.8, 4) is 6.07 Å². The molecule has 0 saturated carbocycles. The summed E-state index contributed by atoms with van der Waals surface area (Å²) in [7, 11) is 0. The number of piperidine rings is 1. The number of carbonyl (C=O) groups is 2. The fraction of sp³-hybridized carbons (Fsp3) is 0.375. The SMILES string of the molecule is N#CCN(Cc1ccccc1)C(=O)C1CCN(C(=O)CCc2ccccc2)CC1. The molecule has 0 spiro atoms. The molecular weight excluding hydrogens is 362 g/mol. The van der Waals surface area contributed by atoms with Gasteiger partial charge in [0.2, 0.25) is 11.8 Å². The standard InChI is InChI=1S/C24H27N3O2/c25-15-18-27(19-21-9-5-2-6-10-21)24(29)22-13-16-26(17-14-22)23(28)12-11-20-7-3-1-4-8-20/h1-10,22H,11-14,16-19H2. The number of benzene rings is 2. The zero-order valence-corrected chi connectivity index (χ0v) is 16.7. The van der Waals surface area contributed by atoms with Gasteiger partial charge < -0.3 is 9.80 Å². The van der Waals surface area contributed by atoms with Crippen LogP contribution in [0.25, 0.3) is 0 Å². The number of likely N-dealkylation sites (tertiary alicyclic amines) is 1. The third kappa shape index (κ3) is 5.92. The summed E-state index contributed by atoms with van der Waals surface area (Å²) in [6.45, 7) is 1.75. The Morgan fingerprint density at radius 3 is 2.14 bits per heavy atom. The van der Waals surface area contributed by atoms with Crippen molar-refractivity contribution >= 4 is 11.8 Å². The molecule has 2 aromatic rings. The van der Waals surface area contributed by atoms with Crippen LogP contribution in [0.3, 0.4) is 0 Å². The second-order valence-corrected chi connectivity index (χ2v) is 7.48. The number of rotatable bonds is 7. The molecule has 1 heterocycles. The lowest BCUT2D eigenvalue weighted by molar-refractivity contribution is -0.140. The topological polar surface area (TPSA) is 64.4 Å². The predicted octanol–water partition coefficient (Wildman–Crippen LogP) is 3.41. The summed E-state index contributed by atoms with van der Waals surface area (Å²) in [5.74, 6) is 0.0509. The van der Waals surface area contributed by atoms with Crippen molar-refractivity contribution < 1.29 is 9.59 Å². The lowest BCUT2D eigenvalue weighted by Crippen LogP contribution is -2.44. The molecule has 5 nitrogen and oxygen atoms in total. The second-order valence-electron chi connectivity index (χ2n) is 7.48. The molecule has 1 fully saturated rings. The molecule has 0 radical (unpaired) electrons. The van der Waals surface area contributed by atoms with Crippen LogP contribution in [-0.2, 0) is 22.6 Å². The molecule has 29 heavy (non-hydrogen) atoms. The average Bonchev–Trinajstić information content (AvgIpc) is 2.78. The monoisotopic (exact) mass is 389 g/mol. The first-order valence-electron chi connectivity index (χ1n) is 10.2. The molecule has 0 atom stereocenters. The van der Waals surface area contributed by atoms with Crippen LogP contribution in [0.1, 0.15) is 30.4 Å². The van der Waals surface area contributed by atoms with E-state index < -0.39 is 0 Å². The molecule has 150 valence electrons. The van der Waals surface area contributed by atoms with E-state index in [-0.39, 0.29) is 24.3 Å². The van der Waals surface area contributed by atoms with Crippen LogP contribution >= 0.6 is 0 Å². The van der Waals surface area contributed by atoms with Crippen LogP contribution < -0.4 is 0 Å². The first-order valence-corrected chi connectivity index (χ1v) is 10.2. The van der Waals surface area contributed by atoms with Crippen LogP contribution in [0.15, 0.2) is 60.7 Å². The highest BCUT2D eigenvalue weighted by Crippen LogP contribution is 2.21. The molecule has 0 unspecified atom stereocenters. The van der Waals surface area contributed by atoms with E-state index in [0.717, 1.165) is 12.0 Å². The van der Waals surface area contributed by atoms with E-state index >= 15 is 0 Å². The van der Waals surface area contributed by atoms with Crippen molar-refractivity contribution in [1.29, 1.82) is 5.26 Å². The van der Waals surface area contributed by atoms with E-state index in [1.54, 1.807) is 4.90 Å². The van der Waals surface area contributed by atoms with Gasteiger partial charge in [0, 0.05) is 32.0 Å². The maximum Gasteiger partial charge on any atom is 0.226 e. The highest BCUT2D eigenvalue weighted by atomic mass is 16.2. The minimum absolute atomic E-state index is 0.0202. The van der Waals surface area contributed by atoms with Crippen molar-refractivity contribution in [2.75, 3.05) is 19.6 Å². The number of hydrogen-bond donors (Lipinski definition) is 0. The van der Waals surface area contributed by atoms with Gasteiger partial charge in [-0.15, -0.1) is 0 Å². The first-order chi connectivity index (χ1) is 14.2. The number of aryl methyl sites for hydroxylation is 1. The fourth-order valence-electron chi connectivity index (χ4n) is 3.79. The molecule has 1 aliphatic heterocycles. The van der Waals surface area contributed by atoms with Gasteiger partial charge in [-0.05, 0) is 30.4 Å². The zero-order chi connectivity index (χ0) is 20.5. The van der Waals surface area contributed by atoms with Crippen molar-refractivity contribution in [3.63, 3.8) is 0 Å². The number of nitrogens with zero attached hydrogens (tertiary/aromatic N) is 3. The summed E-state index contributed by atoms with van der Waals surface area (Å²) in [6, 6.07) is 21.9. The molecule has 5 heteroatoms. The average molecular weight is 389 g/mol. The Labute approximate surface area is 172 Å². The van der Waals surface area contributed by atoms with E-state index in [0.29, 0.717) is 38.9 Å². The maximum atomic E-state index is 13.0. The minimum atomic E-state index is -0.120. The highest BCUT2D eigenvalue weighted by molar-refractivity contribution is 5.80. The lowest BCUT2D eigenvalue weighted by atomic mass is 9.94. The van der Waals surface area contributed by atoms with Crippen LogP contribution in [0.2, 0.25) is 0 Å². The molecule has 1 saturated heterocycles. The number of hydrogen-bond acceptors (Lipinski definition) is 3. The second kappa shape index (κ2) is 10.4. The van der Waals surface area contributed by atoms with E-state index in [1.807, 2.05) is 65.6 Å². The van der Waals surface area contributed by atoms with Crippen LogP contribution in [0.4, 0.5) is 0 Å². The molecule has 0 N–H and O–H groups in total. The molecule has 2 amide bonds. The summed E-state index contributed by atoms with van der Waals surface area (Å²) in [5, 5.41) is 9.13. The molecule has 3 rings (SSSR count). The highest BCUT2D eigenvalue weighted by Gasteiger charge is 2.30. The maximum absolute atomic E-state index is 13.0. The molecule has 0 aliphatic carbocycles. The largest absolute Gasteiger partial charge is 0.343 e. The van der Waals surface area contributed by atoms with Gasteiger partial charge in [0.05, 0.1) is 6.07 Å². The van der Waals surface area contributed by atoms with Crippen LogP contribution in [0, 0.1) is 17.2 Å². The summed E-state index contributed by atoms with van der Waals surface area (Å²) in [6.07, 6.45) is 2.56. The van der Waals surface area contributed by atoms with Gasteiger partial charge in [-0.3, -0.25) is 9.59 Å². The Bertz CT molecular complexity index is 837. The Hall–Kier alpha value is -3.13. The van der Waals surface area contributed by atoms with Crippen molar-refractivity contribution in [1.82, 2.24) is 9.80 Å². The van der Waals surface area contributed by atoms with Gasteiger partial charge in [-0.2, -0.15) is 5.26 Å². The minimum Gasteiger partial charge on any atom is -0.343 e. The first kappa shape index (κ1) is 20.6. The van der Waals surface area contributed by atoms with Crippen molar-refractivity contribution in [2.24, 2.45) is 5.92 Å². The Morgan fingerprint density at radius 2 is 1.55 bits per heavy atom. The molecule has 0 bridgehead atoms. The molecule has 2 aromatic carbocycles. The Kier molecular flexibility index (Phi) is 7.40. The van der Waals surface area contributed by atoms with Gasteiger partial charge in [-0.1, -0.05) is 60.7 Å². The third-order valence-electron chi connectivity index (χ3n) is 5.46. The fourth-order valence-corrected chi connectivity index (χ4v) is 3.79. The van der Waals surface area contributed by atoms with E-state index in [4.69, 9.17) is 5.26 Å². The van der Waals surface area contributed by atoms with E-state index in [2.05, 4.69) is 6.07 Å². The smallest absolute Gasteiger partial charge is 0.226 e. The van der Waals surface area contributed by atoms with Gasteiger partial charge in [0.25, 0.3) is 0 Å². The molecule has 0 aromatic heterocycles. The predicted molar refractivity (Wildman–Crippen MR) is 112 cm³/mol. The quantitative estimate of drug-likeness (QED) is 0.682. The van der Waals surface area contributed by atoms with Gasteiger partial charge in [0.1, 0.15) is 6.54 Å². The van der Waals surface area contributed by atoms with Gasteiger partial charge in [0.15, 0.2) is 0 Å². The van der Waals surface area contributed by atoms with Crippen molar-refractivity contribution in [3.05, 3.63) is 71.8 Å². The summed E-state index contributed by atoms with van der Waals surface area (Å²) < 4.78 is 0. The molecule has 1 aliphatic rings. The van der Waals surface area contributed by atoms with Gasteiger partial charge in [-0.25, -0.2) is 0 Å². The summed E-state index contributed by atoms with van der Waals surface area (Å²) in [4.78, 5) is 29.0. The summed E-state index contributed by atoms with van der Waals surface area (Å²) in [5.41, 5.74) is 2.18. The van der Waals surface area contributed by atoms with Crippen LogP contribution in [-0.4, -0.2) is 41.2 Å². The molecular formula is C24H27N3O2. The van der Waals surface area contributed by atoms with E-state index in [9.17, 15) is 9.59 Å². The van der Waals surface area contributed by atoms with Gasteiger partial charge >= 0.3 is 0 Å². The Balaban J connectivity index is 1.49. The number of nitriles is 1. The summed E-state index contributed by atoms with van der Waals surface area (Å²) >= 11 is 0. The normalized spacial score (nSPS) is 14.2. The van der Waals surface area contributed by atoms with Crippen LogP contribution in [0.5, 0.6) is 0 Å². The lowest BCUT2D eigenvalue weighted by Gasteiger charge is -2.34.